The molecule has 0 atom stereocenters. The monoisotopic (exact) mass is 247 g/mol. The fourth-order valence-electron chi connectivity index (χ4n) is 1.63. The summed E-state index contributed by atoms with van der Waals surface area (Å²) in [5, 5.41) is 9.30. The molecule has 0 spiro atoms. The van der Waals surface area contributed by atoms with E-state index in [2.05, 4.69) is 0 Å². The van der Waals surface area contributed by atoms with E-state index in [1.54, 1.807) is 0 Å². The maximum Gasteiger partial charge on any atom is 0.416 e. The zero-order chi connectivity index (χ0) is 13.1. The number of phenolic OH excluding ortho intramolecular Hbond substituents is 1. The summed E-state index contributed by atoms with van der Waals surface area (Å²) in [4.78, 5) is 1.98. The Morgan fingerprint density at radius 1 is 1.12 bits per heavy atom. The van der Waals surface area contributed by atoms with Crippen LogP contribution in [0.4, 0.5) is 13.2 Å². The first-order valence-electron chi connectivity index (χ1n) is 5.49. The van der Waals surface area contributed by atoms with Crippen LogP contribution in [0.3, 0.4) is 0 Å². The molecule has 96 valence electrons. The van der Waals surface area contributed by atoms with E-state index in [-0.39, 0.29) is 5.75 Å². The van der Waals surface area contributed by atoms with Crippen LogP contribution in [0.5, 0.6) is 5.75 Å². The van der Waals surface area contributed by atoms with E-state index in [1.165, 1.54) is 6.07 Å². The zero-order valence-electron chi connectivity index (χ0n) is 9.88. The fraction of sp³-hybridized carbons (Fsp3) is 0.500. The molecule has 1 aromatic rings. The summed E-state index contributed by atoms with van der Waals surface area (Å²) >= 11 is 0. The quantitative estimate of drug-likeness (QED) is 0.882. The average Bonchev–Trinajstić information content (AvgIpc) is 2.24. The van der Waals surface area contributed by atoms with Crippen LogP contribution < -0.4 is 0 Å². The number of phenols is 1. The maximum atomic E-state index is 12.5. The summed E-state index contributed by atoms with van der Waals surface area (Å²) in [5.41, 5.74) is -0.333. The molecule has 0 bridgehead atoms. The number of halogens is 3. The first-order valence-corrected chi connectivity index (χ1v) is 5.49. The lowest BCUT2D eigenvalue weighted by atomic mass is 10.1. The molecular weight excluding hydrogens is 231 g/mol. The Labute approximate surface area is 98.7 Å². The van der Waals surface area contributed by atoms with Crippen LogP contribution in [0, 0.1) is 0 Å². The van der Waals surface area contributed by atoms with Crippen LogP contribution in [0.15, 0.2) is 18.2 Å². The average molecular weight is 247 g/mol. The lowest BCUT2D eigenvalue weighted by molar-refractivity contribution is -0.137. The van der Waals surface area contributed by atoms with Crippen LogP contribution in [0.2, 0.25) is 0 Å². The number of aromatic hydroxyl groups is 1. The number of rotatable bonds is 4. The summed E-state index contributed by atoms with van der Waals surface area (Å²) < 4.78 is 37.6. The third-order valence-electron chi connectivity index (χ3n) is 2.61. The van der Waals surface area contributed by atoms with Crippen LogP contribution in [-0.4, -0.2) is 23.1 Å². The van der Waals surface area contributed by atoms with Gasteiger partial charge in [-0.1, -0.05) is 13.8 Å². The zero-order valence-corrected chi connectivity index (χ0v) is 9.88. The fourth-order valence-corrected chi connectivity index (χ4v) is 1.63. The summed E-state index contributed by atoms with van der Waals surface area (Å²) in [6, 6.07) is 3.19. The molecular formula is C12H16F3NO. The smallest absolute Gasteiger partial charge is 0.416 e. The van der Waals surface area contributed by atoms with Crippen molar-refractivity contribution in [3.63, 3.8) is 0 Å². The van der Waals surface area contributed by atoms with E-state index in [4.69, 9.17) is 0 Å². The van der Waals surface area contributed by atoms with Gasteiger partial charge in [0.25, 0.3) is 0 Å². The normalized spacial score (nSPS) is 12.1. The summed E-state index contributed by atoms with van der Waals surface area (Å²) in [5.74, 6) is -0.345. The number of nitrogens with zero attached hydrogens (tertiary/aromatic N) is 1. The predicted molar refractivity (Wildman–Crippen MR) is 59.7 cm³/mol. The molecule has 0 aliphatic heterocycles. The highest BCUT2D eigenvalue weighted by Crippen LogP contribution is 2.32. The predicted octanol–water partition coefficient (Wildman–Crippen LogP) is 3.25. The van der Waals surface area contributed by atoms with Crippen molar-refractivity contribution in [2.24, 2.45) is 0 Å². The Balaban J connectivity index is 2.97. The van der Waals surface area contributed by atoms with Gasteiger partial charge in [0, 0.05) is 6.54 Å². The molecule has 2 nitrogen and oxygen atoms in total. The van der Waals surface area contributed by atoms with Gasteiger partial charge in [0.05, 0.1) is 5.56 Å². The van der Waals surface area contributed by atoms with Gasteiger partial charge < -0.3 is 5.11 Å². The highest BCUT2D eigenvalue weighted by atomic mass is 19.4. The molecule has 0 saturated carbocycles. The van der Waals surface area contributed by atoms with Crippen molar-refractivity contribution in [1.29, 1.82) is 0 Å². The highest BCUT2D eigenvalue weighted by molar-refractivity contribution is 5.35. The third-order valence-corrected chi connectivity index (χ3v) is 2.61. The van der Waals surface area contributed by atoms with Gasteiger partial charge in [0.2, 0.25) is 0 Å². The second-order valence-electron chi connectivity index (χ2n) is 3.85. The van der Waals surface area contributed by atoms with Crippen molar-refractivity contribution >= 4 is 0 Å². The molecule has 0 unspecified atom stereocenters. The lowest BCUT2D eigenvalue weighted by Gasteiger charge is -2.19. The summed E-state index contributed by atoms with van der Waals surface area (Å²) in [6.45, 7) is 5.80. The van der Waals surface area contributed by atoms with Gasteiger partial charge in [-0.05, 0) is 36.9 Å². The van der Waals surface area contributed by atoms with E-state index in [0.717, 1.165) is 25.2 Å². The van der Waals surface area contributed by atoms with E-state index in [0.29, 0.717) is 12.1 Å². The molecule has 5 heteroatoms. The van der Waals surface area contributed by atoms with Gasteiger partial charge in [0.1, 0.15) is 5.75 Å². The third kappa shape index (κ3) is 3.93. The molecule has 0 heterocycles. The van der Waals surface area contributed by atoms with Gasteiger partial charge in [-0.2, -0.15) is 13.2 Å². The van der Waals surface area contributed by atoms with E-state index >= 15 is 0 Å². The number of benzene rings is 1. The van der Waals surface area contributed by atoms with Gasteiger partial charge >= 0.3 is 6.18 Å². The second kappa shape index (κ2) is 5.40. The van der Waals surface area contributed by atoms with Gasteiger partial charge in [-0.25, -0.2) is 0 Å². The molecule has 0 radical (unpaired) electrons. The van der Waals surface area contributed by atoms with Crippen molar-refractivity contribution in [1.82, 2.24) is 4.90 Å². The Hall–Kier alpha value is -1.23. The van der Waals surface area contributed by atoms with Gasteiger partial charge in [0.15, 0.2) is 0 Å². The molecule has 17 heavy (non-hydrogen) atoms. The first kappa shape index (κ1) is 13.8. The van der Waals surface area contributed by atoms with E-state index in [1.807, 2.05) is 18.7 Å². The Kier molecular flexibility index (Phi) is 4.40. The second-order valence-corrected chi connectivity index (χ2v) is 3.85. The highest BCUT2D eigenvalue weighted by Gasteiger charge is 2.31. The minimum absolute atomic E-state index is 0.345. The Morgan fingerprint density at radius 3 is 2.18 bits per heavy atom. The minimum Gasteiger partial charge on any atom is -0.508 e. The maximum absolute atomic E-state index is 12.5. The molecule has 0 aromatic heterocycles. The molecule has 0 aliphatic carbocycles. The van der Waals surface area contributed by atoms with Gasteiger partial charge in [-0.3, -0.25) is 4.90 Å². The summed E-state index contributed by atoms with van der Waals surface area (Å²) in [6.07, 6.45) is -4.42. The lowest BCUT2D eigenvalue weighted by Crippen LogP contribution is -2.22. The Bertz CT molecular complexity index is 373. The SMILES string of the molecule is CCN(CC)Cc1cc(O)cc(C(F)(F)F)c1. The van der Waals surface area contributed by atoms with E-state index < -0.39 is 11.7 Å². The molecule has 0 amide bonds. The van der Waals surface area contributed by atoms with Crippen LogP contribution in [0.1, 0.15) is 25.0 Å². The summed E-state index contributed by atoms with van der Waals surface area (Å²) in [7, 11) is 0. The molecule has 1 rings (SSSR count). The molecule has 1 N–H and O–H groups in total. The van der Waals surface area contributed by atoms with Crippen LogP contribution >= 0.6 is 0 Å². The van der Waals surface area contributed by atoms with Crippen molar-refractivity contribution in [2.45, 2.75) is 26.6 Å². The van der Waals surface area contributed by atoms with Crippen molar-refractivity contribution in [3.05, 3.63) is 29.3 Å². The number of hydrogen-bond donors (Lipinski definition) is 1. The van der Waals surface area contributed by atoms with Crippen molar-refractivity contribution in [2.75, 3.05) is 13.1 Å². The molecule has 0 saturated heterocycles. The molecule has 0 fully saturated rings. The van der Waals surface area contributed by atoms with Crippen LogP contribution in [0.25, 0.3) is 0 Å². The van der Waals surface area contributed by atoms with Crippen molar-refractivity contribution < 1.29 is 18.3 Å². The largest absolute Gasteiger partial charge is 0.508 e. The first-order chi connectivity index (χ1) is 7.86. The topological polar surface area (TPSA) is 23.5 Å². The number of alkyl halides is 3. The number of hydrogen-bond acceptors (Lipinski definition) is 2. The standard InChI is InChI=1S/C12H16F3NO/c1-3-16(4-2)8-9-5-10(12(13,14)15)7-11(17)6-9/h5-7,17H,3-4,8H2,1-2H3. The van der Waals surface area contributed by atoms with E-state index in [9.17, 15) is 18.3 Å². The molecule has 1 aromatic carbocycles. The van der Waals surface area contributed by atoms with Crippen molar-refractivity contribution in [3.8, 4) is 5.75 Å². The van der Waals surface area contributed by atoms with Gasteiger partial charge in [-0.15, -0.1) is 0 Å². The van der Waals surface area contributed by atoms with Crippen LogP contribution in [-0.2, 0) is 12.7 Å². The molecule has 0 aliphatic rings. The minimum atomic E-state index is -4.42. The Morgan fingerprint density at radius 2 is 1.71 bits per heavy atom.